The summed E-state index contributed by atoms with van der Waals surface area (Å²) < 4.78 is 13.7. The van der Waals surface area contributed by atoms with Gasteiger partial charge in [0.1, 0.15) is 5.82 Å². The zero-order valence-electron chi connectivity index (χ0n) is 11.2. The number of hydrogen-bond donors (Lipinski definition) is 1. The summed E-state index contributed by atoms with van der Waals surface area (Å²) in [5.41, 5.74) is 0.377. The van der Waals surface area contributed by atoms with Gasteiger partial charge in [-0.2, -0.15) is 0 Å². The van der Waals surface area contributed by atoms with Gasteiger partial charge in [-0.25, -0.2) is 4.39 Å². The Hall–Kier alpha value is -1.01. The van der Waals surface area contributed by atoms with Crippen molar-refractivity contribution in [2.75, 3.05) is 6.54 Å². The van der Waals surface area contributed by atoms with Crippen LogP contribution >= 0.6 is 15.9 Å². The molecule has 0 radical (unpaired) electrons. The first-order valence-corrected chi connectivity index (χ1v) is 7.01. The maximum absolute atomic E-state index is 13.6. The second-order valence-corrected chi connectivity index (χ2v) is 5.62. The lowest BCUT2D eigenvalue weighted by molar-refractivity contribution is -0.385. The monoisotopic (exact) mass is 332 g/mol. The third-order valence-electron chi connectivity index (χ3n) is 3.03. The highest BCUT2D eigenvalue weighted by molar-refractivity contribution is 9.10. The molecule has 1 aromatic rings. The van der Waals surface area contributed by atoms with Crippen LogP contribution in [0.15, 0.2) is 16.6 Å². The Labute approximate surface area is 120 Å². The predicted octanol–water partition coefficient (Wildman–Crippen LogP) is 3.67. The van der Waals surface area contributed by atoms with Crippen LogP contribution in [0.3, 0.4) is 0 Å². The van der Waals surface area contributed by atoms with Gasteiger partial charge in [0.2, 0.25) is 0 Å². The zero-order valence-corrected chi connectivity index (χ0v) is 12.8. The van der Waals surface area contributed by atoms with Gasteiger partial charge in [-0.1, -0.05) is 20.8 Å². The molecule has 0 aromatic heterocycles. The molecule has 0 saturated carbocycles. The number of halogens is 2. The smallest absolute Gasteiger partial charge is 0.273 e. The lowest BCUT2D eigenvalue weighted by Crippen LogP contribution is -2.35. The third-order valence-corrected chi connectivity index (χ3v) is 3.64. The van der Waals surface area contributed by atoms with Crippen LogP contribution in [0, 0.1) is 21.8 Å². The van der Waals surface area contributed by atoms with Crippen LogP contribution in [0.4, 0.5) is 10.1 Å². The van der Waals surface area contributed by atoms with Gasteiger partial charge in [-0.15, -0.1) is 0 Å². The van der Waals surface area contributed by atoms with Crippen molar-refractivity contribution in [3.63, 3.8) is 0 Å². The van der Waals surface area contributed by atoms with E-state index in [1.165, 1.54) is 12.1 Å². The summed E-state index contributed by atoms with van der Waals surface area (Å²) in [6.45, 7) is 6.82. The van der Waals surface area contributed by atoms with Crippen LogP contribution in [0.5, 0.6) is 0 Å². The predicted molar refractivity (Wildman–Crippen MR) is 76.8 cm³/mol. The molecule has 1 unspecified atom stereocenters. The van der Waals surface area contributed by atoms with Crippen LogP contribution in [-0.4, -0.2) is 17.5 Å². The van der Waals surface area contributed by atoms with Crippen LogP contribution < -0.4 is 5.32 Å². The summed E-state index contributed by atoms with van der Waals surface area (Å²) in [6, 6.07) is 2.56. The summed E-state index contributed by atoms with van der Waals surface area (Å²) in [7, 11) is 0. The molecule has 0 aliphatic heterocycles. The van der Waals surface area contributed by atoms with Crippen molar-refractivity contribution in [1.29, 1.82) is 0 Å². The lowest BCUT2D eigenvalue weighted by Gasteiger charge is -2.21. The molecule has 0 bridgehead atoms. The van der Waals surface area contributed by atoms with E-state index >= 15 is 0 Å². The van der Waals surface area contributed by atoms with Gasteiger partial charge in [0.15, 0.2) is 0 Å². The Morgan fingerprint density at radius 1 is 1.47 bits per heavy atom. The van der Waals surface area contributed by atoms with Gasteiger partial charge in [-0.3, -0.25) is 10.1 Å². The van der Waals surface area contributed by atoms with E-state index in [0.29, 0.717) is 17.9 Å². The van der Waals surface area contributed by atoms with Crippen LogP contribution in [0.1, 0.15) is 26.3 Å². The van der Waals surface area contributed by atoms with Crippen molar-refractivity contribution < 1.29 is 9.31 Å². The van der Waals surface area contributed by atoms with E-state index in [9.17, 15) is 14.5 Å². The van der Waals surface area contributed by atoms with Gasteiger partial charge < -0.3 is 5.32 Å². The molecule has 0 fully saturated rings. The molecule has 0 aliphatic rings. The van der Waals surface area contributed by atoms with E-state index < -0.39 is 10.7 Å². The highest BCUT2D eigenvalue weighted by Gasteiger charge is 2.22. The van der Waals surface area contributed by atoms with Crippen molar-refractivity contribution in [1.82, 2.24) is 5.32 Å². The normalized spacial score (nSPS) is 12.7. The molecule has 1 atom stereocenters. The first kappa shape index (κ1) is 16.0. The Morgan fingerprint density at radius 2 is 2.11 bits per heavy atom. The fourth-order valence-corrected chi connectivity index (χ4v) is 2.28. The highest BCUT2D eigenvalue weighted by Crippen LogP contribution is 2.28. The third kappa shape index (κ3) is 4.24. The molecular weight excluding hydrogens is 315 g/mol. The van der Waals surface area contributed by atoms with E-state index in [1.54, 1.807) is 0 Å². The minimum absolute atomic E-state index is 0.0446. The molecule has 0 heterocycles. The van der Waals surface area contributed by atoms with Gasteiger partial charge in [-0.05, 0) is 40.9 Å². The molecule has 1 aromatic carbocycles. The van der Waals surface area contributed by atoms with Crippen molar-refractivity contribution >= 4 is 21.6 Å². The molecule has 4 nitrogen and oxygen atoms in total. The van der Waals surface area contributed by atoms with Gasteiger partial charge >= 0.3 is 0 Å². The van der Waals surface area contributed by atoms with E-state index in [1.807, 2.05) is 20.8 Å². The number of likely N-dealkylation sites (N-methyl/N-ethyl adjacent to an activating group) is 1. The first-order chi connectivity index (χ1) is 8.86. The first-order valence-electron chi connectivity index (χ1n) is 6.22. The van der Waals surface area contributed by atoms with Crippen molar-refractivity contribution in [3.8, 4) is 0 Å². The molecule has 0 spiro atoms. The minimum atomic E-state index is -0.473. The Morgan fingerprint density at radius 3 is 2.58 bits per heavy atom. The molecule has 6 heteroatoms. The van der Waals surface area contributed by atoms with Crippen LogP contribution in [-0.2, 0) is 6.42 Å². The number of nitrogens with zero attached hydrogens (tertiary/aromatic N) is 1. The summed E-state index contributed by atoms with van der Waals surface area (Å²) in [4.78, 5) is 10.6. The van der Waals surface area contributed by atoms with Gasteiger partial charge in [0.25, 0.3) is 5.69 Å². The fourth-order valence-electron chi connectivity index (χ4n) is 1.95. The number of benzene rings is 1. The van der Waals surface area contributed by atoms with Crippen LogP contribution in [0.25, 0.3) is 0 Å². The lowest BCUT2D eigenvalue weighted by atomic mass is 9.95. The van der Waals surface area contributed by atoms with Crippen LogP contribution in [0.2, 0.25) is 0 Å². The quantitative estimate of drug-likeness (QED) is 0.638. The number of nitro benzene ring substituents is 1. The van der Waals surface area contributed by atoms with E-state index in [-0.39, 0.29) is 16.2 Å². The molecule has 106 valence electrons. The molecule has 0 saturated heterocycles. The SMILES string of the molecule is CCNC(Cc1cc(F)c(Br)cc1[N+](=O)[O-])C(C)C. The average Bonchev–Trinajstić information content (AvgIpc) is 2.32. The second-order valence-electron chi connectivity index (χ2n) is 4.76. The highest BCUT2D eigenvalue weighted by atomic mass is 79.9. The molecule has 0 amide bonds. The summed E-state index contributed by atoms with van der Waals surface area (Å²) in [5.74, 6) is -0.161. The molecule has 1 N–H and O–H groups in total. The summed E-state index contributed by atoms with van der Waals surface area (Å²) in [6.07, 6.45) is 0.437. The molecule has 0 aliphatic carbocycles. The average molecular weight is 333 g/mol. The Bertz CT molecular complexity index is 466. The Kier molecular flexibility index (Phi) is 5.87. The molecule has 19 heavy (non-hydrogen) atoms. The largest absolute Gasteiger partial charge is 0.314 e. The summed E-state index contributed by atoms with van der Waals surface area (Å²) in [5, 5.41) is 14.3. The topological polar surface area (TPSA) is 55.2 Å². The molecular formula is C13H18BrFN2O2. The maximum atomic E-state index is 13.6. The van der Waals surface area contributed by atoms with Gasteiger partial charge in [0.05, 0.1) is 9.40 Å². The van der Waals surface area contributed by atoms with Crippen molar-refractivity contribution in [3.05, 3.63) is 38.1 Å². The van der Waals surface area contributed by atoms with E-state index in [2.05, 4.69) is 21.2 Å². The fraction of sp³-hybridized carbons (Fsp3) is 0.538. The maximum Gasteiger partial charge on any atom is 0.273 e. The number of rotatable bonds is 6. The standard InChI is InChI=1S/C13H18BrFN2O2/c1-4-16-12(8(2)3)6-9-5-11(15)10(14)7-13(9)17(18)19/h5,7-8,12,16H,4,6H2,1-3H3. The van der Waals surface area contributed by atoms with E-state index in [4.69, 9.17) is 0 Å². The van der Waals surface area contributed by atoms with Gasteiger partial charge in [0, 0.05) is 17.7 Å². The second kappa shape index (κ2) is 6.96. The zero-order chi connectivity index (χ0) is 14.6. The Balaban J connectivity index is 3.10. The van der Waals surface area contributed by atoms with E-state index in [0.717, 1.165) is 6.54 Å². The van der Waals surface area contributed by atoms with Crippen molar-refractivity contribution in [2.24, 2.45) is 5.92 Å². The number of nitro groups is 1. The number of hydrogen-bond acceptors (Lipinski definition) is 3. The van der Waals surface area contributed by atoms with Crippen molar-refractivity contribution in [2.45, 2.75) is 33.2 Å². The number of nitrogens with one attached hydrogen (secondary N) is 1. The molecule has 1 rings (SSSR count). The minimum Gasteiger partial charge on any atom is -0.314 e. The summed E-state index contributed by atoms with van der Waals surface area (Å²) >= 11 is 2.98.